The molecule has 2 aliphatic rings. The van der Waals surface area contributed by atoms with E-state index in [2.05, 4.69) is 16.7 Å². The number of nitro benzene ring substituents is 1. The molecule has 1 atom stereocenters. The maximum atomic E-state index is 13.0. The van der Waals surface area contributed by atoms with E-state index < -0.39 is 27.4 Å². The first-order chi connectivity index (χ1) is 12.7. The van der Waals surface area contributed by atoms with Crippen molar-refractivity contribution < 1.29 is 18.1 Å². The van der Waals surface area contributed by atoms with E-state index in [-0.39, 0.29) is 11.7 Å². The zero-order valence-electron chi connectivity index (χ0n) is 15.0. The lowest BCUT2D eigenvalue weighted by Crippen LogP contribution is -2.50. The minimum absolute atomic E-state index is 0.160. The van der Waals surface area contributed by atoms with Gasteiger partial charge >= 0.3 is 6.18 Å². The second-order valence-electron chi connectivity index (χ2n) is 6.93. The summed E-state index contributed by atoms with van der Waals surface area (Å²) < 4.78 is 39.1. The number of hydrogen-bond acceptors (Lipinski definition) is 5. The Bertz CT molecular complexity index is 708. The Kier molecular flexibility index (Phi) is 5.83. The van der Waals surface area contributed by atoms with Gasteiger partial charge in [0.15, 0.2) is 0 Å². The highest BCUT2D eigenvalue weighted by Crippen LogP contribution is 2.42. The van der Waals surface area contributed by atoms with Gasteiger partial charge in [-0.3, -0.25) is 15.0 Å². The van der Waals surface area contributed by atoms with Crippen LogP contribution in [-0.4, -0.2) is 66.6 Å². The molecule has 0 N–H and O–H groups in total. The summed E-state index contributed by atoms with van der Waals surface area (Å²) in [6, 6.07) is 1.87. The van der Waals surface area contributed by atoms with Crippen LogP contribution in [0.3, 0.4) is 0 Å². The SMILES string of the molecule is CCN1CCN(C2CCN(c3cc(Cl)c(C(F)(F)F)cc3[N+](=O)[O-])C2)CC1. The topological polar surface area (TPSA) is 52.9 Å². The lowest BCUT2D eigenvalue weighted by molar-refractivity contribution is -0.384. The maximum Gasteiger partial charge on any atom is 0.418 e. The molecule has 0 aromatic heterocycles. The normalized spacial score (nSPS) is 22.4. The van der Waals surface area contributed by atoms with Crippen LogP contribution in [0.5, 0.6) is 0 Å². The van der Waals surface area contributed by atoms with Crippen LogP contribution in [0.15, 0.2) is 12.1 Å². The van der Waals surface area contributed by atoms with Gasteiger partial charge in [-0.1, -0.05) is 18.5 Å². The summed E-state index contributed by atoms with van der Waals surface area (Å²) in [6.07, 6.45) is -3.91. The van der Waals surface area contributed by atoms with Crippen molar-refractivity contribution in [2.24, 2.45) is 0 Å². The minimum Gasteiger partial charge on any atom is -0.364 e. The number of nitro groups is 1. The van der Waals surface area contributed by atoms with E-state index in [9.17, 15) is 23.3 Å². The van der Waals surface area contributed by atoms with E-state index in [1.807, 2.05) is 0 Å². The first kappa shape index (κ1) is 20.2. The zero-order valence-corrected chi connectivity index (χ0v) is 15.8. The predicted octanol–water partition coefficient (Wildman–Crippen LogP) is 3.48. The second-order valence-corrected chi connectivity index (χ2v) is 7.34. The van der Waals surface area contributed by atoms with Crippen LogP contribution in [0.2, 0.25) is 5.02 Å². The van der Waals surface area contributed by atoms with Gasteiger partial charge in [-0.25, -0.2) is 0 Å². The Balaban J connectivity index is 1.79. The van der Waals surface area contributed by atoms with Gasteiger partial charge < -0.3 is 9.80 Å². The van der Waals surface area contributed by atoms with E-state index in [1.54, 1.807) is 4.90 Å². The molecular formula is C17H22ClF3N4O2. The van der Waals surface area contributed by atoms with Crippen molar-refractivity contribution >= 4 is 23.0 Å². The molecule has 1 unspecified atom stereocenters. The smallest absolute Gasteiger partial charge is 0.364 e. The summed E-state index contributed by atoms with van der Waals surface area (Å²) in [4.78, 5) is 17.1. The fourth-order valence-corrected chi connectivity index (χ4v) is 4.14. The molecule has 0 saturated carbocycles. The highest BCUT2D eigenvalue weighted by atomic mass is 35.5. The lowest BCUT2D eigenvalue weighted by atomic mass is 10.1. The molecule has 1 aromatic carbocycles. The molecule has 0 aliphatic carbocycles. The van der Waals surface area contributed by atoms with Crippen LogP contribution in [0.25, 0.3) is 0 Å². The third-order valence-corrected chi connectivity index (χ3v) is 5.75. The Morgan fingerprint density at radius 1 is 1.22 bits per heavy atom. The maximum absolute atomic E-state index is 13.0. The largest absolute Gasteiger partial charge is 0.418 e. The molecule has 0 spiro atoms. The van der Waals surface area contributed by atoms with Crippen molar-refractivity contribution in [1.82, 2.24) is 9.80 Å². The van der Waals surface area contributed by atoms with Crippen LogP contribution in [0.1, 0.15) is 18.9 Å². The van der Waals surface area contributed by atoms with Gasteiger partial charge in [-0.05, 0) is 19.0 Å². The van der Waals surface area contributed by atoms with Crippen LogP contribution >= 0.6 is 11.6 Å². The Morgan fingerprint density at radius 3 is 2.44 bits per heavy atom. The average Bonchev–Trinajstić information content (AvgIpc) is 3.10. The summed E-state index contributed by atoms with van der Waals surface area (Å²) >= 11 is 5.80. The Labute approximate surface area is 160 Å². The van der Waals surface area contributed by atoms with Crippen molar-refractivity contribution in [3.63, 3.8) is 0 Å². The highest BCUT2D eigenvalue weighted by Gasteiger charge is 2.38. The van der Waals surface area contributed by atoms with Gasteiger partial charge in [0.2, 0.25) is 0 Å². The van der Waals surface area contributed by atoms with Crippen molar-refractivity contribution in [1.29, 1.82) is 0 Å². The van der Waals surface area contributed by atoms with Crippen molar-refractivity contribution in [2.45, 2.75) is 25.6 Å². The van der Waals surface area contributed by atoms with Crippen LogP contribution in [-0.2, 0) is 6.18 Å². The van der Waals surface area contributed by atoms with Gasteiger partial charge in [0, 0.05) is 51.4 Å². The number of anilines is 1. The summed E-state index contributed by atoms with van der Waals surface area (Å²) in [6.45, 7) is 8.08. The number of piperazine rings is 1. The number of benzene rings is 1. The Morgan fingerprint density at radius 2 is 1.89 bits per heavy atom. The second kappa shape index (κ2) is 7.81. The van der Waals surface area contributed by atoms with E-state index in [0.717, 1.165) is 45.2 Å². The van der Waals surface area contributed by atoms with Crippen LogP contribution in [0, 0.1) is 10.1 Å². The molecular weight excluding hydrogens is 385 g/mol. The lowest BCUT2D eigenvalue weighted by Gasteiger charge is -2.37. The molecule has 0 radical (unpaired) electrons. The van der Waals surface area contributed by atoms with Crippen LogP contribution < -0.4 is 4.90 Å². The number of likely N-dealkylation sites (N-methyl/N-ethyl adjacent to an activating group) is 1. The number of nitrogens with zero attached hydrogens (tertiary/aromatic N) is 4. The van der Waals surface area contributed by atoms with Gasteiger partial charge in [-0.2, -0.15) is 13.2 Å². The highest BCUT2D eigenvalue weighted by molar-refractivity contribution is 6.31. The van der Waals surface area contributed by atoms with Crippen molar-refractivity contribution in [3.8, 4) is 0 Å². The molecule has 0 amide bonds. The molecule has 1 aromatic rings. The quantitative estimate of drug-likeness (QED) is 0.566. The number of hydrogen-bond donors (Lipinski definition) is 0. The third kappa shape index (κ3) is 4.30. The fourth-order valence-electron chi connectivity index (χ4n) is 3.87. The van der Waals surface area contributed by atoms with Crippen molar-refractivity contribution in [3.05, 3.63) is 32.8 Å². The summed E-state index contributed by atoms with van der Waals surface area (Å²) in [5.41, 5.74) is -1.57. The molecule has 2 saturated heterocycles. The zero-order chi connectivity index (χ0) is 19.8. The predicted molar refractivity (Wildman–Crippen MR) is 97.4 cm³/mol. The van der Waals surface area contributed by atoms with Gasteiger partial charge in [0.25, 0.3) is 5.69 Å². The minimum atomic E-state index is -4.73. The third-order valence-electron chi connectivity index (χ3n) is 5.44. The van der Waals surface area contributed by atoms with Gasteiger partial charge in [0.05, 0.1) is 15.5 Å². The van der Waals surface area contributed by atoms with Crippen molar-refractivity contribution in [2.75, 3.05) is 50.7 Å². The summed E-state index contributed by atoms with van der Waals surface area (Å²) in [5.74, 6) is 0. The molecule has 3 rings (SSSR count). The molecule has 2 heterocycles. The van der Waals surface area contributed by atoms with E-state index in [4.69, 9.17) is 11.6 Å². The summed E-state index contributed by atoms with van der Waals surface area (Å²) in [7, 11) is 0. The molecule has 0 bridgehead atoms. The van der Waals surface area contributed by atoms with E-state index in [1.165, 1.54) is 0 Å². The first-order valence-electron chi connectivity index (χ1n) is 8.97. The van der Waals surface area contributed by atoms with Gasteiger partial charge in [0.1, 0.15) is 5.69 Å². The standard InChI is InChI=1S/C17H22ClF3N4O2/c1-2-22-5-7-23(8-6-22)12-3-4-24(11-12)15-10-14(18)13(17(19,20)21)9-16(15)25(26)27/h9-10,12H,2-8,11H2,1H3. The molecule has 6 nitrogen and oxygen atoms in total. The summed E-state index contributed by atoms with van der Waals surface area (Å²) in [5, 5.41) is 10.9. The van der Waals surface area contributed by atoms with E-state index >= 15 is 0 Å². The fraction of sp³-hybridized carbons (Fsp3) is 0.647. The molecule has 2 aliphatic heterocycles. The van der Waals surface area contributed by atoms with Gasteiger partial charge in [-0.15, -0.1) is 0 Å². The number of rotatable bonds is 4. The average molecular weight is 407 g/mol. The molecule has 27 heavy (non-hydrogen) atoms. The van der Waals surface area contributed by atoms with Crippen LogP contribution in [0.4, 0.5) is 24.5 Å². The monoisotopic (exact) mass is 406 g/mol. The Hall–Kier alpha value is -1.58. The number of alkyl halides is 3. The molecule has 10 heteroatoms. The molecule has 150 valence electrons. The van der Waals surface area contributed by atoms with E-state index in [0.29, 0.717) is 19.2 Å². The molecule has 2 fully saturated rings. The first-order valence-corrected chi connectivity index (χ1v) is 9.35. The number of halogens is 4.